The maximum Gasteiger partial charge on any atom is 0.327 e. The van der Waals surface area contributed by atoms with Crippen LogP contribution in [0.15, 0.2) is 41.1 Å². The molecule has 0 aliphatic carbocycles. The minimum absolute atomic E-state index is 0.301. The van der Waals surface area contributed by atoms with E-state index in [1.54, 1.807) is 6.92 Å². The van der Waals surface area contributed by atoms with Crippen LogP contribution in [0.3, 0.4) is 0 Å². The Bertz CT molecular complexity index is 701. The quantitative estimate of drug-likeness (QED) is 0.935. The summed E-state index contributed by atoms with van der Waals surface area (Å²) in [6, 6.07) is 8.55. The standard InChI is InChI=1S/C15H14N2O4S/c1-9-11(7-21-16-9)13(18)17-12(15(19)20)8-22-14(17)10-5-3-2-4-6-10/h2-7,12,14H,8H2,1H3,(H,19,20). The number of carbonyl (C=O) groups is 2. The molecular formula is C15H14N2O4S. The molecule has 0 radical (unpaired) electrons. The van der Waals surface area contributed by atoms with Crippen LogP contribution in [-0.4, -0.2) is 38.8 Å². The molecule has 2 atom stereocenters. The summed E-state index contributed by atoms with van der Waals surface area (Å²) in [5, 5.41) is 12.8. The van der Waals surface area contributed by atoms with Crippen molar-refractivity contribution in [1.82, 2.24) is 10.1 Å². The summed E-state index contributed by atoms with van der Waals surface area (Å²) >= 11 is 1.44. The molecular weight excluding hydrogens is 304 g/mol. The summed E-state index contributed by atoms with van der Waals surface area (Å²) in [7, 11) is 0. The van der Waals surface area contributed by atoms with Gasteiger partial charge in [0.1, 0.15) is 23.2 Å². The third-order valence-corrected chi connectivity index (χ3v) is 4.91. The predicted molar refractivity (Wildman–Crippen MR) is 80.5 cm³/mol. The second kappa shape index (κ2) is 5.84. The Kier molecular flexibility index (Phi) is 3.89. The second-order valence-corrected chi connectivity index (χ2v) is 6.09. The molecule has 2 unspecified atom stereocenters. The van der Waals surface area contributed by atoms with Crippen molar-refractivity contribution in [2.24, 2.45) is 0 Å². The zero-order valence-electron chi connectivity index (χ0n) is 11.8. The van der Waals surface area contributed by atoms with Gasteiger partial charge in [0, 0.05) is 5.75 Å². The van der Waals surface area contributed by atoms with Gasteiger partial charge in [-0.3, -0.25) is 4.79 Å². The van der Waals surface area contributed by atoms with Gasteiger partial charge < -0.3 is 14.5 Å². The van der Waals surface area contributed by atoms with Crippen molar-refractivity contribution in [2.75, 3.05) is 5.75 Å². The van der Waals surface area contributed by atoms with E-state index in [4.69, 9.17) is 4.52 Å². The Morgan fingerprint density at radius 1 is 1.36 bits per heavy atom. The highest BCUT2D eigenvalue weighted by molar-refractivity contribution is 7.99. The summed E-state index contributed by atoms with van der Waals surface area (Å²) in [6.45, 7) is 1.66. The molecule has 6 nitrogen and oxygen atoms in total. The molecule has 1 aromatic heterocycles. The lowest BCUT2D eigenvalue weighted by Crippen LogP contribution is -2.43. The van der Waals surface area contributed by atoms with Crippen LogP contribution in [0.5, 0.6) is 0 Å². The molecule has 1 N–H and O–H groups in total. The van der Waals surface area contributed by atoms with E-state index in [1.807, 2.05) is 30.3 Å². The van der Waals surface area contributed by atoms with Gasteiger partial charge in [-0.05, 0) is 12.5 Å². The largest absolute Gasteiger partial charge is 0.480 e. The first-order valence-electron chi connectivity index (χ1n) is 6.72. The molecule has 22 heavy (non-hydrogen) atoms. The molecule has 0 saturated carbocycles. The molecule has 114 valence electrons. The Morgan fingerprint density at radius 2 is 2.09 bits per heavy atom. The number of rotatable bonds is 3. The van der Waals surface area contributed by atoms with Gasteiger partial charge in [0.15, 0.2) is 0 Å². The summed E-state index contributed by atoms with van der Waals surface area (Å²) in [4.78, 5) is 25.7. The molecule has 1 aliphatic heterocycles. The number of benzene rings is 1. The van der Waals surface area contributed by atoms with Crippen molar-refractivity contribution in [3.8, 4) is 0 Å². The van der Waals surface area contributed by atoms with E-state index >= 15 is 0 Å². The van der Waals surface area contributed by atoms with Gasteiger partial charge in [0.05, 0.1) is 5.69 Å². The second-order valence-electron chi connectivity index (χ2n) is 4.98. The number of aryl methyl sites for hydroxylation is 1. The van der Waals surface area contributed by atoms with Gasteiger partial charge in [-0.2, -0.15) is 0 Å². The van der Waals surface area contributed by atoms with Crippen molar-refractivity contribution < 1.29 is 19.2 Å². The average molecular weight is 318 g/mol. The number of aliphatic carboxylic acids is 1. The number of hydrogen-bond donors (Lipinski definition) is 1. The lowest BCUT2D eigenvalue weighted by molar-refractivity contribution is -0.141. The minimum atomic E-state index is -1.01. The van der Waals surface area contributed by atoms with Gasteiger partial charge in [-0.25, -0.2) is 4.79 Å². The zero-order chi connectivity index (χ0) is 15.7. The maximum atomic E-state index is 12.8. The number of carboxylic acid groups (broad SMARTS) is 1. The number of carboxylic acids is 1. The summed E-state index contributed by atoms with van der Waals surface area (Å²) in [5.41, 5.74) is 1.66. The van der Waals surface area contributed by atoms with Crippen LogP contribution in [0.25, 0.3) is 0 Å². The Labute approximate surface area is 131 Å². The number of carbonyl (C=O) groups excluding carboxylic acids is 1. The van der Waals surface area contributed by atoms with Crippen molar-refractivity contribution in [2.45, 2.75) is 18.3 Å². The van der Waals surface area contributed by atoms with E-state index in [0.29, 0.717) is 17.0 Å². The molecule has 3 rings (SSSR count). The number of hydrogen-bond acceptors (Lipinski definition) is 5. The van der Waals surface area contributed by atoms with Crippen LogP contribution in [0.4, 0.5) is 0 Å². The van der Waals surface area contributed by atoms with E-state index in [2.05, 4.69) is 5.16 Å². The third kappa shape index (κ3) is 2.48. The maximum absolute atomic E-state index is 12.8. The van der Waals surface area contributed by atoms with Crippen molar-refractivity contribution in [3.63, 3.8) is 0 Å². The highest BCUT2D eigenvalue weighted by atomic mass is 32.2. The van der Waals surface area contributed by atoms with Crippen LogP contribution in [0.1, 0.15) is 27.0 Å². The predicted octanol–water partition coefficient (Wildman–Crippen LogP) is 2.32. The first kappa shape index (κ1) is 14.6. The first-order valence-corrected chi connectivity index (χ1v) is 7.77. The van der Waals surface area contributed by atoms with Crippen LogP contribution in [0.2, 0.25) is 0 Å². The summed E-state index contributed by atoms with van der Waals surface area (Å²) < 4.78 is 4.81. The molecule has 2 aromatic rings. The molecule has 1 amide bonds. The van der Waals surface area contributed by atoms with Crippen LogP contribution >= 0.6 is 11.8 Å². The number of aromatic nitrogens is 1. The number of nitrogens with zero attached hydrogens (tertiary/aromatic N) is 2. The molecule has 1 saturated heterocycles. The number of amides is 1. The normalized spacial score (nSPS) is 21.0. The molecule has 0 bridgehead atoms. The fourth-order valence-corrected chi connectivity index (χ4v) is 3.88. The van der Waals surface area contributed by atoms with Gasteiger partial charge >= 0.3 is 5.97 Å². The van der Waals surface area contributed by atoms with E-state index in [1.165, 1.54) is 22.9 Å². The molecule has 0 spiro atoms. The van der Waals surface area contributed by atoms with Gasteiger partial charge in [0.25, 0.3) is 5.91 Å². The van der Waals surface area contributed by atoms with Crippen molar-refractivity contribution in [3.05, 3.63) is 53.4 Å². The topological polar surface area (TPSA) is 83.6 Å². The van der Waals surface area contributed by atoms with Crippen molar-refractivity contribution in [1.29, 1.82) is 0 Å². The molecule has 1 aromatic carbocycles. The fourth-order valence-electron chi connectivity index (χ4n) is 2.46. The summed E-state index contributed by atoms with van der Waals surface area (Å²) in [6.07, 6.45) is 1.27. The smallest absolute Gasteiger partial charge is 0.327 e. The lowest BCUT2D eigenvalue weighted by atomic mass is 10.1. The Morgan fingerprint density at radius 3 is 2.68 bits per heavy atom. The highest BCUT2D eigenvalue weighted by Crippen LogP contribution is 2.42. The van der Waals surface area contributed by atoms with Gasteiger partial charge in [-0.15, -0.1) is 11.8 Å². The average Bonchev–Trinajstić information content (AvgIpc) is 3.13. The molecule has 7 heteroatoms. The minimum Gasteiger partial charge on any atom is -0.480 e. The highest BCUT2D eigenvalue weighted by Gasteiger charge is 2.43. The van der Waals surface area contributed by atoms with Gasteiger partial charge in [0.2, 0.25) is 0 Å². The van der Waals surface area contributed by atoms with Crippen LogP contribution < -0.4 is 0 Å². The molecule has 1 aliphatic rings. The van der Waals surface area contributed by atoms with Crippen LogP contribution in [-0.2, 0) is 4.79 Å². The monoisotopic (exact) mass is 318 g/mol. The molecule has 1 fully saturated rings. The Balaban J connectivity index is 1.99. The fraction of sp³-hybridized carbons (Fsp3) is 0.267. The van der Waals surface area contributed by atoms with Gasteiger partial charge in [-0.1, -0.05) is 35.5 Å². The van der Waals surface area contributed by atoms with Crippen molar-refractivity contribution >= 4 is 23.6 Å². The number of thioether (sulfide) groups is 1. The van der Waals surface area contributed by atoms with E-state index < -0.39 is 12.0 Å². The lowest BCUT2D eigenvalue weighted by Gasteiger charge is -2.27. The zero-order valence-corrected chi connectivity index (χ0v) is 12.6. The first-order chi connectivity index (χ1) is 10.6. The SMILES string of the molecule is Cc1nocc1C(=O)N1C(C(=O)O)CSC1c1ccccc1. The van der Waals surface area contributed by atoms with E-state index in [9.17, 15) is 14.7 Å². The van der Waals surface area contributed by atoms with E-state index in [0.717, 1.165) is 5.56 Å². The third-order valence-electron chi connectivity index (χ3n) is 3.59. The van der Waals surface area contributed by atoms with Crippen LogP contribution in [0, 0.1) is 6.92 Å². The van der Waals surface area contributed by atoms with E-state index in [-0.39, 0.29) is 11.3 Å². The summed E-state index contributed by atoms with van der Waals surface area (Å²) in [5.74, 6) is -1.02. The molecule has 2 heterocycles. The Hall–Kier alpha value is -2.28.